The second-order valence-corrected chi connectivity index (χ2v) is 5.94. The standard InChI is InChI=1S/C16H21N3O5/c1-17(2)15(20)11-6-8-18(9-7-11)12-4-5-14(19(22)23)13(10-12)16(21)24-3/h4-5,10-11H,6-9H2,1-3H3. The van der Waals surface area contributed by atoms with Gasteiger partial charge in [0.2, 0.25) is 5.91 Å². The molecule has 1 saturated heterocycles. The van der Waals surface area contributed by atoms with Crippen molar-refractivity contribution < 1.29 is 19.2 Å². The predicted molar refractivity (Wildman–Crippen MR) is 88.1 cm³/mol. The van der Waals surface area contributed by atoms with E-state index in [1.165, 1.54) is 19.2 Å². The number of methoxy groups -OCH3 is 1. The number of hydrogen-bond acceptors (Lipinski definition) is 6. The van der Waals surface area contributed by atoms with Crippen LogP contribution in [0.15, 0.2) is 18.2 Å². The largest absolute Gasteiger partial charge is 0.465 e. The fourth-order valence-corrected chi connectivity index (χ4v) is 2.90. The normalized spacial score (nSPS) is 15.0. The van der Waals surface area contributed by atoms with Gasteiger partial charge in [0.05, 0.1) is 12.0 Å². The molecule has 0 radical (unpaired) electrons. The van der Waals surface area contributed by atoms with E-state index in [0.29, 0.717) is 25.9 Å². The molecule has 2 rings (SSSR count). The molecule has 1 aromatic carbocycles. The van der Waals surface area contributed by atoms with Gasteiger partial charge in [-0.3, -0.25) is 14.9 Å². The summed E-state index contributed by atoms with van der Waals surface area (Å²) in [4.78, 5) is 37.9. The number of carbonyl (C=O) groups excluding carboxylic acids is 2. The van der Waals surface area contributed by atoms with Gasteiger partial charge in [-0.1, -0.05) is 0 Å². The van der Waals surface area contributed by atoms with E-state index in [2.05, 4.69) is 4.74 Å². The van der Waals surface area contributed by atoms with Crippen LogP contribution in [-0.2, 0) is 9.53 Å². The summed E-state index contributed by atoms with van der Waals surface area (Å²) in [6.07, 6.45) is 1.42. The fraction of sp³-hybridized carbons (Fsp3) is 0.500. The summed E-state index contributed by atoms with van der Waals surface area (Å²) in [5, 5.41) is 11.1. The number of rotatable bonds is 4. The average molecular weight is 335 g/mol. The van der Waals surface area contributed by atoms with Crippen LogP contribution in [-0.4, -0.2) is 56.0 Å². The molecule has 0 atom stereocenters. The number of piperidine rings is 1. The zero-order valence-corrected chi connectivity index (χ0v) is 14.0. The first-order valence-corrected chi connectivity index (χ1v) is 7.68. The monoisotopic (exact) mass is 335 g/mol. The first-order chi connectivity index (χ1) is 11.3. The Kier molecular flexibility index (Phi) is 5.38. The van der Waals surface area contributed by atoms with Crippen molar-refractivity contribution in [2.75, 3.05) is 39.2 Å². The number of nitro benzene ring substituents is 1. The molecule has 0 N–H and O–H groups in total. The van der Waals surface area contributed by atoms with Crippen LogP contribution in [0.25, 0.3) is 0 Å². The van der Waals surface area contributed by atoms with Crippen molar-refractivity contribution >= 4 is 23.3 Å². The number of nitrogens with zero attached hydrogens (tertiary/aromatic N) is 3. The van der Waals surface area contributed by atoms with E-state index in [1.807, 2.05) is 4.90 Å². The highest BCUT2D eigenvalue weighted by atomic mass is 16.6. The van der Waals surface area contributed by atoms with Gasteiger partial charge in [-0.2, -0.15) is 0 Å². The first-order valence-electron chi connectivity index (χ1n) is 7.68. The second kappa shape index (κ2) is 7.29. The maximum atomic E-state index is 12.0. The van der Waals surface area contributed by atoms with Crippen molar-refractivity contribution in [2.24, 2.45) is 5.92 Å². The van der Waals surface area contributed by atoms with E-state index in [0.717, 1.165) is 5.69 Å². The minimum atomic E-state index is -0.735. The molecule has 1 aliphatic heterocycles. The van der Waals surface area contributed by atoms with Gasteiger partial charge in [-0.05, 0) is 25.0 Å². The molecule has 8 heteroatoms. The van der Waals surface area contributed by atoms with Crippen LogP contribution in [0.4, 0.5) is 11.4 Å². The Morgan fingerprint density at radius 1 is 1.29 bits per heavy atom. The van der Waals surface area contributed by atoms with Gasteiger partial charge in [0.1, 0.15) is 5.56 Å². The summed E-state index contributed by atoms with van der Waals surface area (Å²) in [6, 6.07) is 4.43. The smallest absolute Gasteiger partial charge is 0.344 e. The molecule has 0 aromatic heterocycles. The SMILES string of the molecule is COC(=O)c1cc(N2CCC(C(=O)N(C)C)CC2)ccc1[N+](=O)[O-]. The molecule has 24 heavy (non-hydrogen) atoms. The first kappa shape index (κ1) is 17.7. The lowest BCUT2D eigenvalue weighted by atomic mass is 9.95. The van der Waals surface area contributed by atoms with E-state index >= 15 is 0 Å². The second-order valence-electron chi connectivity index (χ2n) is 5.94. The lowest BCUT2D eigenvalue weighted by molar-refractivity contribution is -0.385. The number of hydrogen-bond donors (Lipinski definition) is 0. The van der Waals surface area contributed by atoms with Crippen molar-refractivity contribution in [3.63, 3.8) is 0 Å². The van der Waals surface area contributed by atoms with E-state index in [4.69, 9.17) is 0 Å². The lowest BCUT2D eigenvalue weighted by Crippen LogP contribution is -2.40. The molecule has 0 aliphatic carbocycles. The molecule has 1 heterocycles. The van der Waals surface area contributed by atoms with Crippen LogP contribution in [0.3, 0.4) is 0 Å². The molecular formula is C16H21N3O5. The quantitative estimate of drug-likeness (QED) is 0.472. The van der Waals surface area contributed by atoms with Crippen molar-refractivity contribution in [1.29, 1.82) is 0 Å². The Hall–Kier alpha value is -2.64. The highest BCUT2D eigenvalue weighted by Gasteiger charge is 2.28. The summed E-state index contributed by atoms with van der Waals surface area (Å²) in [6.45, 7) is 1.31. The number of nitro groups is 1. The van der Waals surface area contributed by atoms with E-state index in [9.17, 15) is 19.7 Å². The van der Waals surface area contributed by atoms with Crippen molar-refractivity contribution in [3.8, 4) is 0 Å². The van der Waals surface area contributed by atoms with Gasteiger partial charge in [-0.15, -0.1) is 0 Å². The van der Waals surface area contributed by atoms with Gasteiger partial charge in [0, 0.05) is 44.9 Å². The van der Waals surface area contributed by atoms with Gasteiger partial charge >= 0.3 is 5.97 Å². The molecule has 8 nitrogen and oxygen atoms in total. The van der Waals surface area contributed by atoms with Crippen LogP contribution in [0, 0.1) is 16.0 Å². The Bertz CT molecular complexity index is 651. The number of esters is 1. The van der Waals surface area contributed by atoms with Gasteiger partial charge in [0.15, 0.2) is 0 Å². The lowest BCUT2D eigenvalue weighted by Gasteiger charge is -2.34. The number of benzene rings is 1. The summed E-state index contributed by atoms with van der Waals surface area (Å²) in [5.74, 6) is -0.621. The predicted octanol–water partition coefficient (Wildman–Crippen LogP) is 1.69. The molecule has 0 spiro atoms. The fourth-order valence-electron chi connectivity index (χ4n) is 2.90. The average Bonchev–Trinajstić information content (AvgIpc) is 2.59. The number of carbonyl (C=O) groups is 2. The Labute approximate surface area is 140 Å². The van der Waals surface area contributed by atoms with Crippen LogP contribution < -0.4 is 4.90 Å². The third-order valence-corrected chi connectivity index (χ3v) is 4.23. The maximum Gasteiger partial charge on any atom is 0.344 e. The highest BCUT2D eigenvalue weighted by molar-refractivity contribution is 5.95. The molecule has 0 saturated carbocycles. The molecule has 1 aromatic rings. The summed E-state index contributed by atoms with van der Waals surface area (Å²) >= 11 is 0. The van der Waals surface area contributed by atoms with E-state index in [1.54, 1.807) is 25.1 Å². The summed E-state index contributed by atoms with van der Waals surface area (Å²) in [5.41, 5.74) is 0.381. The highest BCUT2D eigenvalue weighted by Crippen LogP contribution is 2.29. The third-order valence-electron chi connectivity index (χ3n) is 4.23. The molecular weight excluding hydrogens is 314 g/mol. The molecule has 1 amide bonds. The van der Waals surface area contributed by atoms with Crippen LogP contribution in [0.1, 0.15) is 23.2 Å². The maximum absolute atomic E-state index is 12.0. The van der Waals surface area contributed by atoms with Crippen LogP contribution in [0.5, 0.6) is 0 Å². The zero-order chi connectivity index (χ0) is 17.9. The molecule has 0 bridgehead atoms. The minimum absolute atomic E-state index is 0.00521. The zero-order valence-electron chi connectivity index (χ0n) is 14.0. The Balaban J connectivity index is 2.18. The molecule has 1 aliphatic rings. The van der Waals surface area contributed by atoms with Gasteiger partial charge in [-0.25, -0.2) is 4.79 Å². The van der Waals surface area contributed by atoms with E-state index in [-0.39, 0.29) is 23.1 Å². The minimum Gasteiger partial charge on any atom is -0.465 e. The molecule has 0 unspecified atom stereocenters. The number of amides is 1. The topological polar surface area (TPSA) is 93.0 Å². The molecule has 130 valence electrons. The van der Waals surface area contributed by atoms with E-state index < -0.39 is 10.9 Å². The van der Waals surface area contributed by atoms with Gasteiger partial charge in [0.25, 0.3) is 5.69 Å². The Morgan fingerprint density at radius 3 is 2.42 bits per heavy atom. The van der Waals surface area contributed by atoms with Crippen LogP contribution >= 0.6 is 0 Å². The van der Waals surface area contributed by atoms with Crippen molar-refractivity contribution in [1.82, 2.24) is 4.90 Å². The summed E-state index contributed by atoms with van der Waals surface area (Å²) in [7, 11) is 4.68. The van der Waals surface area contributed by atoms with Crippen molar-refractivity contribution in [3.05, 3.63) is 33.9 Å². The molecule has 1 fully saturated rings. The van der Waals surface area contributed by atoms with Crippen molar-refractivity contribution in [2.45, 2.75) is 12.8 Å². The number of anilines is 1. The number of ether oxygens (including phenoxy) is 1. The van der Waals surface area contributed by atoms with Gasteiger partial charge < -0.3 is 14.5 Å². The Morgan fingerprint density at radius 2 is 1.92 bits per heavy atom. The van der Waals surface area contributed by atoms with Crippen LogP contribution in [0.2, 0.25) is 0 Å². The summed E-state index contributed by atoms with van der Waals surface area (Å²) < 4.78 is 4.63. The third kappa shape index (κ3) is 3.64.